The van der Waals surface area contributed by atoms with Crippen LogP contribution in [0.25, 0.3) is 0 Å². The minimum absolute atomic E-state index is 0.124. The molecule has 0 aliphatic heterocycles. The fourth-order valence-corrected chi connectivity index (χ4v) is 9.31. The van der Waals surface area contributed by atoms with Gasteiger partial charge in [-0.15, -0.1) is 0 Å². The summed E-state index contributed by atoms with van der Waals surface area (Å²) in [6, 6.07) is 36.6. The van der Waals surface area contributed by atoms with Crippen molar-refractivity contribution in [1.82, 2.24) is 46.2 Å². The molecule has 0 aliphatic rings. The van der Waals surface area contributed by atoms with Gasteiger partial charge in [-0.1, -0.05) is 67.6 Å². The number of nitrogens with one attached hydrogen (secondary N) is 5. The Bertz CT molecular complexity index is 3070. The Morgan fingerprint density at radius 1 is 0.319 bits per heavy atom. The van der Waals surface area contributed by atoms with Crippen LogP contribution in [-0.4, -0.2) is 251 Å². The molecule has 23 heteroatoms. The summed E-state index contributed by atoms with van der Waals surface area (Å²) in [5.41, 5.74) is 30.9. The number of nitrogens with zero attached hydrogens (tertiary/aromatic N) is 9. The molecule has 5 aromatic rings. The number of nitrogens with two attached hydrogens (primary N) is 4. The van der Waals surface area contributed by atoms with Gasteiger partial charge in [0.25, 0.3) is 29.5 Å². The topological polar surface area (TPSA) is 324 Å². The second-order valence-corrected chi connectivity index (χ2v) is 21.4. The molecule has 23 nitrogen and oxygen atoms in total. The van der Waals surface area contributed by atoms with Crippen molar-refractivity contribution < 1.29 is 24.0 Å². The molecule has 488 valence electrons. The molecule has 5 rings (SSSR count). The van der Waals surface area contributed by atoms with E-state index in [-0.39, 0.29) is 29.5 Å². The van der Waals surface area contributed by atoms with Gasteiger partial charge in [-0.25, -0.2) is 0 Å². The number of rotatable bonds is 44. The number of hydrogen-bond acceptors (Lipinski definition) is 18. The highest BCUT2D eigenvalue weighted by Gasteiger charge is 2.13. The zero-order valence-electron chi connectivity index (χ0n) is 53.2. The lowest BCUT2D eigenvalue weighted by Gasteiger charge is -2.22. The van der Waals surface area contributed by atoms with Gasteiger partial charge < -0.3 is 49.5 Å². The first-order valence-electron chi connectivity index (χ1n) is 31.5. The summed E-state index contributed by atoms with van der Waals surface area (Å²) in [6.07, 6.45) is 10.0. The monoisotopic (exact) mass is 1240 g/mol. The van der Waals surface area contributed by atoms with Crippen LogP contribution in [0.3, 0.4) is 0 Å². The lowest BCUT2D eigenvalue weighted by atomic mass is 10.1. The molecule has 5 amide bonds. The summed E-state index contributed by atoms with van der Waals surface area (Å²) in [5.74, 6) is -0.805. The molecule has 13 N–H and O–H groups in total. The van der Waals surface area contributed by atoms with Gasteiger partial charge in [0.2, 0.25) is 0 Å². The Morgan fingerprint density at radius 3 is 0.736 bits per heavy atom. The van der Waals surface area contributed by atoms with Crippen LogP contribution < -0.4 is 49.5 Å². The molecule has 0 bridgehead atoms. The van der Waals surface area contributed by atoms with Crippen LogP contribution in [0.5, 0.6) is 0 Å². The number of benzene rings is 5. The van der Waals surface area contributed by atoms with Gasteiger partial charge in [-0.2, -0.15) is 0 Å². The van der Waals surface area contributed by atoms with Crippen LogP contribution in [0.1, 0.15) is 93.0 Å². The molecule has 0 saturated carbocycles. The number of carbonyl (C=O) groups is 5. The lowest BCUT2D eigenvalue weighted by Crippen LogP contribution is -2.41. The maximum absolute atomic E-state index is 13.1. The van der Waals surface area contributed by atoms with Crippen LogP contribution in [0, 0.1) is 0 Å². The van der Waals surface area contributed by atoms with E-state index in [4.69, 9.17) is 22.9 Å². The van der Waals surface area contributed by atoms with Crippen molar-refractivity contribution in [3.8, 4) is 0 Å². The van der Waals surface area contributed by atoms with Gasteiger partial charge in [0.05, 0.1) is 26.2 Å². The third-order valence-corrected chi connectivity index (χ3v) is 14.5. The summed E-state index contributed by atoms with van der Waals surface area (Å²) >= 11 is 0. The van der Waals surface area contributed by atoms with Crippen LogP contribution in [0.4, 0.5) is 0 Å². The van der Waals surface area contributed by atoms with E-state index in [0.717, 1.165) is 60.4 Å². The van der Waals surface area contributed by atoms with Crippen molar-refractivity contribution >= 4 is 60.6 Å². The first-order chi connectivity index (χ1) is 44.4. The van der Waals surface area contributed by atoms with E-state index in [1.54, 1.807) is 92.6 Å². The maximum atomic E-state index is 13.1. The standard InChI is InChI=1S/C68H96N18O5/c1-3-28-74-49-54-6-16-60(17-7-54)65(88)79-33-45-85(39-26-71)46-34-80-66(89)61-20-10-57(11-21-61)52-77-31-43-84(38-25-70)44-32-78-53-58-12-22-63(23-13-58)68(91)82-36-48-86(40-27-72)47-35-81-67(90)62-18-8-56(9-19-62)51-76-30-42-83(37-24-69)41-29-75-50-55-4-14-59(15-5-55)64(87)73-2/h4-23,49-53H,3,24-48,69-72H2,1-2H3,(H,73,87)(H,79,88)(H,80,89)(H,81,90)(H,82,91)/b74-49+,75-50+,76-51+,77-52+,78-53+. The first kappa shape index (κ1) is 73.2. The Hall–Kier alpha value is -8.52. The van der Waals surface area contributed by atoms with Crippen LogP contribution in [0.15, 0.2) is 146 Å². The van der Waals surface area contributed by atoms with E-state index in [9.17, 15) is 24.0 Å². The Morgan fingerprint density at radius 2 is 0.527 bits per heavy atom. The number of hydrogen-bond donors (Lipinski definition) is 9. The Kier molecular flexibility index (Phi) is 35.4. The third-order valence-electron chi connectivity index (χ3n) is 14.5. The average molecular weight is 1250 g/mol. The Balaban J connectivity index is 0.919. The Labute approximate surface area is 537 Å². The molecule has 0 saturated heterocycles. The van der Waals surface area contributed by atoms with Crippen molar-refractivity contribution in [3.05, 3.63) is 177 Å². The summed E-state index contributed by atoms with van der Waals surface area (Å²) in [6.45, 7) is 16.7. The molecule has 5 aromatic carbocycles. The lowest BCUT2D eigenvalue weighted by molar-refractivity contribution is 0.0932. The molecule has 0 unspecified atom stereocenters. The zero-order valence-corrected chi connectivity index (χ0v) is 53.2. The molecule has 0 heterocycles. The van der Waals surface area contributed by atoms with Gasteiger partial charge in [0, 0.05) is 203 Å². The van der Waals surface area contributed by atoms with E-state index in [0.29, 0.717) is 165 Å². The smallest absolute Gasteiger partial charge is 0.251 e. The molecule has 91 heavy (non-hydrogen) atoms. The number of aliphatic imine (C=N–C) groups is 5. The highest BCUT2D eigenvalue weighted by Crippen LogP contribution is 2.08. The number of carbonyl (C=O) groups excluding carboxylic acids is 5. The van der Waals surface area contributed by atoms with Gasteiger partial charge in [0.1, 0.15) is 0 Å². The van der Waals surface area contributed by atoms with E-state index in [1.807, 2.05) is 66.9 Å². The minimum Gasteiger partial charge on any atom is -0.355 e. The predicted octanol–water partition coefficient (Wildman–Crippen LogP) is 2.31. The fourth-order valence-electron chi connectivity index (χ4n) is 9.31. The predicted molar refractivity (Wildman–Crippen MR) is 370 cm³/mol. The van der Waals surface area contributed by atoms with Crippen LogP contribution >= 0.6 is 0 Å². The summed E-state index contributed by atoms with van der Waals surface area (Å²) < 4.78 is 0. The molecule has 0 aliphatic carbocycles. The van der Waals surface area contributed by atoms with Crippen LogP contribution in [-0.2, 0) is 0 Å². The van der Waals surface area contributed by atoms with Gasteiger partial charge >= 0.3 is 0 Å². The third kappa shape index (κ3) is 29.3. The van der Waals surface area contributed by atoms with Crippen molar-refractivity contribution in [3.63, 3.8) is 0 Å². The highest BCUT2D eigenvalue weighted by atomic mass is 16.2. The van der Waals surface area contributed by atoms with E-state index in [1.165, 1.54) is 0 Å². The van der Waals surface area contributed by atoms with E-state index < -0.39 is 0 Å². The summed E-state index contributed by atoms with van der Waals surface area (Å²) in [5, 5.41) is 14.6. The quantitative estimate of drug-likeness (QED) is 0.0253. The zero-order chi connectivity index (χ0) is 65.1. The van der Waals surface area contributed by atoms with Crippen LogP contribution in [0.2, 0.25) is 0 Å². The molecule has 0 spiro atoms. The van der Waals surface area contributed by atoms with Crippen molar-refractivity contribution in [2.75, 3.05) is 171 Å². The van der Waals surface area contributed by atoms with Crippen molar-refractivity contribution in [2.24, 2.45) is 47.9 Å². The normalized spacial score (nSPS) is 11.8. The summed E-state index contributed by atoms with van der Waals surface area (Å²) in [7, 11) is 1.61. The highest BCUT2D eigenvalue weighted by molar-refractivity contribution is 5.97. The second-order valence-electron chi connectivity index (χ2n) is 21.4. The summed E-state index contributed by atoms with van der Waals surface area (Å²) in [4.78, 5) is 94.9. The molecule has 0 fully saturated rings. The van der Waals surface area contributed by atoms with Gasteiger partial charge in [-0.05, 0) is 94.9 Å². The van der Waals surface area contributed by atoms with Crippen molar-refractivity contribution in [2.45, 2.75) is 13.3 Å². The molecule has 0 aromatic heterocycles. The van der Waals surface area contributed by atoms with Gasteiger partial charge in [-0.3, -0.25) is 68.5 Å². The molecule has 0 radical (unpaired) electrons. The first-order valence-corrected chi connectivity index (χ1v) is 31.5. The largest absolute Gasteiger partial charge is 0.355 e. The second kappa shape index (κ2) is 44.0. The van der Waals surface area contributed by atoms with E-state index >= 15 is 0 Å². The molecular weight excluding hydrogens is 1150 g/mol. The van der Waals surface area contributed by atoms with Gasteiger partial charge in [0.15, 0.2) is 0 Å². The maximum Gasteiger partial charge on any atom is 0.251 e. The molecule has 0 atom stereocenters. The van der Waals surface area contributed by atoms with Crippen molar-refractivity contribution in [1.29, 1.82) is 0 Å². The number of amides is 5. The average Bonchev–Trinajstić information content (AvgIpc) is 3.30. The fraction of sp³-hybridized carbons (Fsp3) is 0.412. The SMILES string of the molecule is CCC/N=C/c1ccc(C(=O)NCCN(CCN)CCNC(=O)c2ccc(/C=N/CCN(CCN)CC/N=C/c3ccc(C(=O)NCCN(CCN)CCNC(=O)c4ccc(/C=N/CCN(CCN)CC/N=C/c5ccc(C(=O)NC)cc5)cc4)cc3)cc2)cc1. The minimum atomic E-state index is -0.184. The van der Waals surface area contributed by atoms with E-state index in [2.05, 4.69) is 78.1 Å². The molecular formula is C68H96N18O5.